The van der Waals surface area contributed by atoms with Crippen LogP contribution < -0.4 is 10.1 Å². The molecule has 9 heteroatoms. The number of carbonyl (C=O) groups is 3. The summed E-state index contributed by atoms with van der Waals surface area (Å²) < 4.78 is 7.27. The van der Waals surface area contributed by atoms with Crippen LogP contribution in [0.25, 0.3) is 0 Å². The summed E-state index contributed by atoms with van der Waals surface area (Å²) in [5, 5.41) is 4.41. The van der Waals surface area contributed by atoms with Crippen molar-refractivity contribution in [1.82, 2.24) is 10.4 Å². The molecule has 3 aromatic rings. The number of nitrogens with zero attached hydrogens (tertiary/aromatic N) is 1. The van der Waals surface area contributed by atoms with E-state index >= 15 is 0 Å². The zero-order valence-electron chi connectivity index (χ0n) is 25.4. The summed E-state index contributed by atoms with van der Waals surface area (Å²) in [7, 11) is 0. The van der Waals surface area contributed by atoms with E-state index in [1.54, 1.807) is 12.1 Å². The maximum Gasteiger partial charge on any atom is 0.390 e. The topological polar surface area (TPSA) is 84.9 Å². The van der Waals surface area contributed by atoms with Crippen molar-refractivity contribution in [2.24, 2.45) is 0 Å². The highest BCUT2D eigenvalue weighted by Crippen LogP contribution is 2.30. The Morgan fingerprint density at radius 3 is 2.02 bits per heavy atom. The van der Waals surface area contributed by atoms with Crippen LogP contribution in [-0.4, -0.2) is 29.8 Å². The molecule has 7 nitrogen and oxygen atoms in total. The molecule has 0 heterocycles. The van der Waals surface area contributed by atoms with Gasteiger partial charge in [-0.05, 0) is 53.9 Å². The third kappa shape index (κ3) is 12.9. The van der Waals surface area contributed by atoms with E-state index < -0.39 is 5.97 Å². The van der Waals surface area contributed by atoms with Gasteiger partial charge < -0.3 is 14.9 Å². The predicted octanol–water partition coefficient (Wildman–Crippen LogP) is 9.31. The summed E-state index contributed by atoms with van der Waals surface area (Å²) in [5.74, 6) is 0.186. The molecule has 0 saturated heterocycles. The second-order valence-electron chi connectivity index (χ2n) is 10.7. The summed E-state index contributed by atoms with van der Waals surface area (Å²) in [6, 6.07) is 20.3. The van der Waals surface area contributed by atoms with Gasteiger partial charge in [-0.1, -0.05) is 127 Å². The second kappa shape index (κ2) is 20.1. The van der Waals surface area contributed by atoms with Crippen LogP contribution in [0.2, 0.25) is 0 Å². The van der Waals surface area contributed by atoms with Crippen molar-refractivity contribution in [3.05, 3.63) is 92.4 Å². The minimum atomic E-state index is -1.00. The number of carbonyl (C=O) groups excluding carboxylic acids is 3. The highest BCUT2D eigenvalue weighted by atomic mass is 79.9. The third-order valence-electron chi connectivity index (χ3n) is 7.11. The van der Waals surface area contributed by atoms with Gasteiger partial charge in [-0.25, -0.2) is 4.79 Å². The van der Waals surface area contributed by atoms with Crippen molar-refractivity contribution in [2.75, 3.05) is 6.54 Å². The first kappa shape index (κ1) is 35.5. The Hall–Kier alpha value is -3.01. The summed E-state index contributed by atoms with van der Waals surface area (Å²) in [6.07, 6.45) is 12.6. The molecule has 0 bridgehead atoms. The molecule has 44 heavy (non-hydrogen) atoms. The highest BCUT2D eigenvalue weighted by Gasteiger charge is 2.19. The summed E-state index contributed by atoms with van der Waals surface area (Å²) >= 11 is 7.16. The Labute approximate surface area is 277 Å². The fraction of sp³-hybridized carbons (Fsp3) is 0.400. The van der Waals surface area contributed by atoms with Gasteiger partial charge in [0.25, 0.3) is 5.91 Å². The number of hydrogen-bond acceptors (Lipinski definition) is 6. The smallest absolute Gasteiger partial charge is 0.390 e. The molecule has 3 rings (SSSR count). The van der Waals surface area contributed by atoms with E-state index in [0.717, 1.165) is 24.0 Å². The van der Waals surface area contributed by atoms with Gasteiger partial charge in [0.15, 0.2) is 0 Å². The van der Waals surface area contributed by atoms with Gasteiger partial charge in [-0.15, -0.1) is 5.06 Å². The Morgan fingerprint density at radius 2 is 1.39 bits per heavy atom. The average Bonchev–Trinajstić information content (AvgIpc) is 3.02. The number of nitrogens with one attached hydrogen (secondary N) is 1. The SMILES string of the molecule is CCCCCCCCCCCCNC(=O)c1cc(Br)c(CN(Cc2cccc(Oc3ccccc3)c2)OC(=O)C=O)c(Br)c1. The van der Waals surface area contributed by atoms with Crippen molar-refractivity contribution in [3.8, 4) is 11.5 Å². The fourth-order valence-corrected chi connectivity index (χ4v) is 6.22. The molecule has 236 valence electrons. The van der Waals surface area contributed by atoms with Crippen LogP contribution in [0.4, 0.5) is 0 Å². The zero-order chi connectivity index (χ0) is 31.6. The lowest BCUT2D eigenvalue weighted by Crippen LogP contribution is -2.28. The minimum absolute atomic E-state index is 0.133. The van der Waals surface area contributed by atoms with E-state index in [9.17, 15) is 14.4 Å². The molecule has 1 amide bonds. The molecule has 0 spiro atoms. The normalized spacial score (nSPS) is 10.9. The highest BCUT2D eigenvalue weighted by molar-refractivity contribution is 9.11. The average molecular weight is 731 g/mol. The number of ether oxygens (including phenoxy) is 1. The molecule has 1 N–H and O–H groups in total. The molecule has 0 saturated carbocycles. The van der Waals surface area contributed by atoms with Crippen LogP contribution in [0.15, 0.2) is 75.7 Å². The number of halogens is 2. The van der Waals surface area contributed by atoms with Crippen LogP contribution in [0, 0.1) is 0 Å². The van der Waals surface area contributed by atoms with Gasteiger partial charge in [0, 0.05) is 21.1 Å². The molecule has 0 radical (unpaired) electrons. The van der Waals surface area contributed by atoms with E-state index in [2.05, 4.69) is 44.1 Å². The first-order valence-corrected chi connectivity index (χ1v) is 17.0. The zero-order valence-corrected chi connectivity index (χ0v) is 28.5. The van der Waals surface area contributed by atoms with Crippen LogP contribution in [-0.2, 0) is 27.5 Å². The molecule has 0 unspecified atom stereocenters. The van der Waals surface area contributed by atoms with Crippen molar-refractivity contribution < 1.29 is 24.0 Å². The van der Waals surface area contributed by atoms with Gasteiger partial charge in [0.05, 0.1) is 13.1 Å². The lowest BCUT2D eigenvalue weighted by Gasteiger charge is -2.22. The minimum Gasteiger partial charge on any atom is -0.457 e. The quantitative estimate of drug-likeness (QED) is 0.0540. The molecule has 0 atom stereocenters. The molecule has 0 aliphatic heterocycles. The number of hydroxylamine groups is 2. The van der Waals surface area contributed by atoms with Crippen LogP contribution in [0.5, 0.6) is 11.5 Å². The van der Waals surface area contributed by atoms with E-state index in [-0.39, 0.29) is 25.3 Å². The van der Waals surface area contributed by atoms with E-state index in [1.807, 2.05) is 54.6 Å². The molecule has 0 aliphatic carbocycles. The van der Waals surface area contributed by atoms with Crippen LogP contribution >= 0.6 is 31.9 Å². The number of amides is 1. The van der Waals surface area contributed by atoms with E-state index in [1.165, 1.54) is 56.4 Å². The molecular formula is C35H42Br2N2O5. The number of aldehydes is 1. The number of benzene rings is 3. The summed E-state index contributed by atoms with van der Waals surface area (Å²) in [6.45, 7) is 3.23. The van der Waals surface area contributed by atoms with Gasteiger partial charge >= 0.3 is 5.97 Å². The van der Waals surface area contributed by atoms with Gasteiger partial charge in [0.1, 0.15) is 11.5 Å². The molecule has 0 aliphatic rings. The number of unbranched alkanes of at least 4 members (excludes halogenated alkanes) is 9. The van der Waals surface area contributed by atoms with Gasteiger partial charge in [-0.2, -0.15) is 0 Å². The Kier molecular flexibility index (Phi) is 16.2. The molecule has 3 aromatic carbocycles. The standard InChI is InChI=1S/C35H42Br2N2O5/c1-2-3-4-5-6-7-8-9-10-14-20-38-35(42)28-22-32(36)31(33(37)23-28)25-39(44-34(41)26-40)24-27-16-15-19-30(21-27)43-29-17-12-11-13-18-29/h11-13,15-19,21-23,26H,2-10,14,20,24-25H2,1H3,(H,38,42). The largest absolute Gasteiger partial charge is 0.457 e. The maximum absolute atomic E-state index is 12.8. The number of rotatable bonds is 20. The maximum atomic E-state index is 12.8. The molecular weight excluding hydrogens is 688 g/mol. The first-order chi connectivity index (χ1) is 21.4. The molecule has 0 aromatic heterocycles. The first-order valence-electron chi connectivity index (χ1n) is 15.4. The molecule has 0 fully saturated rings. The third-order valence-corrected chi connectivity index (χ3v) is 8.52. The van der Waals surface area contributed by atoms with Crippen molar-refractivity contribution >= 4 is 50.0 Å². The van der Waals surface area contributed by atoms with Crippen molar-refractivity contribution in [1.29, 1.82) is 0 Å². The van der Waals surface area contributed by atoms with Crippen LogP contribution in [0.3, 0.4) is 0 Å². The summed E-state index contributed by atoms with van der Waals surface area (Å²) in [4.78, 5) is 41.2. The van der Waals surface area contributed by atoms with Crippen molar-refractivity contribution in [3.63, 3.8) is 0 Å². The van der Waals surface area contributed by atoms with Gasteiger partial charge in [-0.3, -0.25) is 9.59 Å². The lowest BCUT2D eigenvalue weighted by atomic mass is 10.1. The van der Waals surface area contributed by atoms with Gasteiger partial charge in [0.2, 0.25) is 6.29 Å². The monoisotopic (exact) mass is 728 g/mol. The van der Waals surface area contributed by atoms with E-state index in [0.29, 0.717) is 32.6 Å². The Morgan fingerprint density at radius 1 is 0.773 bits per heavy atom. The number of hydrogen-bond donors (Lipinski definition) is 1. The summed E-state index contributed by atoms with van der Waals surface area (Å²) in [5.41, 5.74) is 2.08. The van der Waals surface area contributed by atoms with E-state index in [4.69, 9.17) is 9.57 Å². The Bertz CT molecular complexity index is 1310. The predicted molar refractivity (Wildman–Crippen MR) is 180 cm³/mol. The fourth-order valence-electron chi connectivity index (χ4n) is 4.78. The van der Waals surface area contributed by atoms with Crippen molar-refractivity contribution in [2.45, 2.75) is 84.2 Å². The van der Waals surface area contributed by atoms with Crippen LogP contribution in [0.1, 0.15) is 92.6 Å². The Balaban J connectivity index is 1.54. The number of para-hydroxylation sites is 1. The second-order valence-corrected chi connectivity index (χ2v) is 12.5. The lowest BCUT2D eigenvalue weighted by molar-refractivity contribution is -0.195.